The minimum Gasteiger partial charge on any atom is -0.490 e. The first-order chi connectivity index (χ1) is 11.4. The van der Waals surface area contributed by atoms with Crippen molar-refractivity contribution in [3.05, 3.63) is 23.5 Å². The lowest BCUT2D eigenvalue weighted by Crippen LogP contribution is -2.38. The molecule has 1 aromatic rings. The zero-order chi connectivity index (χ0) is 17.7. The van der Waals surface area contributed by atoms with Crippen molar-refractivity contribution in [1.82, 2.24) is 4.90 Å². The third-order valence-corrected chi connectivity index (χ3v) is 3.98. The Morgan fingerprint density at radius 2 is 2.17 bits per heavy atom. The second-order valence-corrected chi connectivity index (χ2v) is 5.69. The molecule has 1 fully saturated rings. The van der Waals surface area contributed by atoms with Crippen molar-refractivity contribution < 1.29 is 28.9 Å². The first kappa shape index (κ1) is 18.0. The van der Waals surface area contributed by atoms with E-state index < -0.39 is 17.7 Å². The predicted molar refractivity (Wildman–Crippen MR) is 84.3 cm³/mol. The van der Waals surface area contributed by atoms with Gasteiger partial charge in [-0.3, -0.25) is 9.59 Å². The minimum absolute atomic E-state index is 0.0331. The van der Waals surface area contributed by atoms with Gasteiger partial charge >= 0.3 is 5.97 Å². The quantitative estimate of drug-likeness (QED) is 0.508. The Morgan fingerprint density at radius 1 is 1.42 bits per heavy atom. The molecule has 0 bridgehead atoms. The maximum atomic E-state index is 14.1. The van der Waals surface area contributed by atoms with E-state index in [0.717, 1.165) is 12.5 Å². The van der Waals surface area contributed by atoms with Gasteiger partial charge < -0.3 is 25.6 Å². The third kappa shape index (κ3) is 4.14. The zero-order valence-corrected chi connectivity index (χ0v) is 13.2. The van der Waals surface area contributed by atoms with E-state index in [-0.39, 0.29) is 49.1 Å². The summed E-state index contributed by atoms with van der Waals surface area (Å²) in [5.74, 6) is -2.22. The zero-order valence-electron chi connectivity index (χ0n) is 13.2. The van der Waals surface area contributed by atoms with Crippen molar-refractivity contribution in [3.8, 4) is 5.75 Å². The van der Waals surface area contributed by atoms with Crippen molar-refractivity contribution in [3.63, 3.8) is 0 Å². The molecule has 0 spiro atoms. The van der Waals surface area contributed by atoms with Crippen LogP contribution in [0.25, 0.3) is 0 Å². The molecule has 24 heavy (non-hydrogen) atoms. The number of aliphatic carboxylic acids is 1. The number of aliphatic hydroxyl groups excluding tert-OH is 1. The van der Waals surface area contributed by atoms with E-state index in [4.69, 9.17) is 15.6 Å². The molecule has 7 nitrogen and oxygen atoms in total. The Bertz CT molecular complexity index is 623. The lowest BCUT2D eigenvalue weighted by atomic mass is 10.1. The van der Waals surface area contributed by atoms with E-state index in [1.807, 2.05) is 0 Å². The van der Waals surface area contributed by atoms with E-state index in [0.29, 0.717) is 13.0 Å². The van der Waals surface area contributed by atoms with Gasteiger partial charge in [0.05, 0.1) is 24.8 Å². The molecule has 4 N–H and O–H groups in total. The van der Waals surface area contributed by atoms with Gasteiger partial charge in [0.2, 0.25) is 0 Å². The minimum atomic E-state index is -0.955. The number of rotatable bonds is 7. The van der Waals surface area contributed by atoms with Gasteiger partial charge in [0, 0.05) is 24.7 Å². The van der Waals surface area contributed by atoms with Crippen LogP contribution in [0.5, 0.6) is 5.75 Å². The number of nitrogen functional groups attached to an aromatic ring is 1. The second-order valence-electron chi connectivity index (χ2n) is 5.69. The SMILES string of the molecule is Nc1cc(OCCCC(=O)O)c(F)cc1C(=O)N1CCCC1CO. The van der Waals surface area contributed by atoms with Crippen LogP contribution in [0.4, 0.5) is 10.1 Å². The molecule has 2 rings (SSSR count). The van der Waals surface area contributed by atoms with Gasteiger partial charge in [0.1, 0.15) is 0 Å². The summed E-state index contributed by atoms with van der Waals surface area (Å²) in [6.07, 6.45) is 1.64. The highest BCUT2D eigenvalue weighted by Gasteiger charge is 2.30. The number of ether oxygens (including phenoxy) is 1. The molecule has 132 valence electrons. The number of nitrogens with zero attached hydrogens (tertiary/aromatic N) is 1. The van der Waals surface area contributed by atoms with Gasteiger partial charge in [-0.25, -0.2) is 4.39 Å². The van der Waals surface area contributed by atoms with Crippen molar-refractivity contribution in [2.45, 2.75) is 31.7 Å². The monoisotopic (exact) mass is 340 g/mol. The van der Waals surface area contributed by atoms with Gasteiger partial charge in [-0.1, -0.05) is 0 Å². The summed E-state index contributed by atoms with van der Waals surface area (Å²) >= 11 is 0. The van der Waals surface area contributed by atoms with E-state index in [9.17, 15) is 19.1 Å². The summed E-state index contributed by atoms with van der Waals surface area (Å²) in [6.45, 7) is 0.395. The molecule has 1 heterocycles. The average molecular weight is 340 g/mol. The Balaban J connectivity index is 2.08. The van der Waals surface area contributed by atoms with Crippen LogP contribution in [0.2, 0.25) is 0 Å². The summed E-state index contributed by atoms with van der Waals surface area (Å²) < 4.78 is 19.3. The number of hydrogen-bond acceptors (Lipinski definition) is 5. The maximum Gasteiger partial charge on any atom is 0.303 e. The molecule has 0 radical (unpaired) electrons. The molecule has 0 saturated carbocycles. The number of carboxylic acid groups (broad SMARTS) is 1. The second kappa shape index (κ2) is 7.96. The summed E-state index contributed by atoms with van der Waals surface area (Å²) in [4.78, 5) is 24.4. The summed E-state index contributed by atoms with van der Waals surface area (Å²) in [6, 6.07) is 1.98. The standard InChI is InChI=1S/C16H21FN2O5/c17-12-7-11(16(23)19-5-1-3-10(19)9-20)13(18)8-14(12)24-6-2-4-15(21)22/h7-8,10,20H,1-6,9,18H2,(H,21,22). The van der Waals surface area contributed by atoms with Gasteiger partial charge in [-0.2, -0.15) is 0 Å². The van der Waals surface area contributed by atoms with Crippen LogP contribution >= 0.6 is 0 Å². The maximum absolute atomic E-state index is 14.1. The molecule has 1 aliphatic heterocycles. The molecule has 8 heteroatoms. The van der Waals surface area contributed by atoms with E-state index in [2.05, 4.69) is 0 Å². The number of aliphatic hydroxyl groups is 1. The largest absolute Gasteiger partial charge is 0.490 e. The van der Waals surface area contributed by atoms with Crippen LogP contribution in [-0.2, 0) is 4.79 Å². The van der Waals surface area contributed by atoms with Crippen LogP contribution in [0.3, 0.4) is 0 Å². The van der Waals surface area contributed by atoms with Crippen molar-refractivity contribution in [1.29, 1.82) is 0 Å². The van der Waals surface area contributed by atoms with Crippen molar-refractivity contribution >= 4 is 17.6 Å². The first-order valence-corrected chi connectivity index (χ1v) is 7.79. The molecule has 0 aliphatic carbocycles. The number of carboxylic acids is 1. The van der Waals surface area contributed by atoms with E-state index in [1.165, 1.54) is 11.0 Å². The summed E-state index contributed by atoms with van der Waals surface area (Å²) in [5.41, 5.74) is 5.96. The normalized spacial score (nSPS) is 17.1. The van der Waals surface area contributed by atoms with Crippen molar-refractivity contribution in [2.75, 3.05) is 25.5 Å². The number of carbonyl (C=O) groups excluding carboxylic acids is 1. The summed E-state index contributed by atoms with van der Waals surface area (Å²) in [5, 5.41) is 17.8. The highest BCUT2D eigenvalue weighted by molar-refractivity contribution is 5.99. The molecule has 1 atom stereocenters. The number of likely N-dealkylation sites (tertiary alicyclic amines) is 1. The first-order valence-electron chi connectivity index (χ1n) is 7.79. The Labute approximate surface area is 138 Å². The van der Waals surface area contributed by atoms with E-state index >= 15 is 0 Å². The van der Waals surface area contributed by atoms with E-state index in [1.54, 1.807) is 0 Å². The average Bonchev–Trinajstić information content (AvgIpc) is 3.02. The van der Waals surface area contributed by atoms with Crippen LogP contribution in [0.15, 0.2) is 12.1 Å². The Kier molecular flexibility index (Phi) is 5.97. The molecular weight excluding hydrogens is 319 g/mol. The number of amides is 1. The van der Waals surface area contributed by atoms with Crippen LogP contribution in [0.1, 0.15) is 36.0 Å². The van der Waals surface area contributed by atoms with Crippen LogP contribution in [-0.4, -0.2) is 52.8 Å². The smallest absolute Gasteiger partial charge is 0.303 e. The summed E-state index contributed by atoms with van der Waals surface area (Å²) in [7, 11) is 0. The number of carbonyl (C=O) groups is 2. The van der Waals surface area contributed by atoms with Gasteiger partial charge in [-0.15, -0.1) is 0 Å². The Morgan fingerprint density at radius 3 is 2.83 bits per heavy atom. The van der Waals surface area contributed by atoms with Gasteiger partial charge in [0.25, 0.3) is 5.91 Å². The Hall–Kier alpha value is -2.35. The molecule has 1 saturated heterocycles. The number of anilines is 1. The molecule has 1 unspecified atom stereocenters. The lowest BCUT2D eigenvalue weighted by molar-refractivity contribution is -0.137. The molecule has 1 aromatic carbocycles. The molecule has 1 amide bonds. The van der Waals surface area contributed by atoms with Crippen LogP contribution < -0.4 is 10.5 Å². The molecule has 0 aromatic heterocycles. The molecule has 1 aliphatic rings. The van der Waals surface area contributed by atoms with Gasteiger partial charge in [0.15, 0.2) is 11.6 Å². The third-order valence-electron chi connectivity index (χ3n) is 3.98. The highest BCUT2D eigenvalue weighted by atomic mass is 19.1. The van der Waals surface area contributed by atoms with Crippen molar-refractivity contribution in [2.24, 2.45) is 0 Å². The number of halogens is 1. The number of hydrogen-bond donors (Lipinski definition) is 3. The molecular formula is C16H21FN2O5. The fourth-order valence-corrected chi connectivity index (χ4v) is 2.72. The van der Waals surface area contributed by atoms with Gasteiger partial charge in [-0.05, 0) is 25.3 Å². The topological polar surface area (TPSA) is 113 Å². The highest BCUT2D eigenvalue weighted by Crippen LogP contribution is 2.28. The number of benzene rings is 1. The lowest BCUT2D eigenvalue weighted by Gasteiger charge is -2.24. The number of nitrogens with two attached hydrogens (primary N) is 1. The predicted octanol–water partition coefficient (Wildman–Crippen LogP) is 1.25. The fourth-order valence-electron chi connectivity index (χ4n) is 2.72. The van der Waals surface area contributed by atoms with Crippen LogP contribution in [0, 0.1) is 5.82 Å². The fraction of sp³-hybridized carbons (Fsp3) is 0.500.